The smallest absolute Gasteiger partial charge is 0.175 e. The highest BCUT2D eigenvalue weighted by molar-refractivity contribution is 9.10. The Kier molecular flexibility index (Phi) is 14.7. The first-order chi connectivity index (χ1) is 19.4. The third-order valence-electron chi connectivity index (χ3n) is 5.59. The second-order valence-electron chi connectivity index (χ2n) is 9.66. The van der Waals surface area contributed by atoms with E-state index in [1.807, 2.05) is 63.2 Å². The second-order valence-corrected chi connectivity index (χ2v) is 14.6. The monoisotopic (exact) mass is 672 g/mol. The topological polar surface area (TPSA) is 102 Å². The van der Waals surface area contributed by atoms with Gasteiger partial charge in [-0.2, -0.15) is 0 Å². The van der Waals surface area contributed by atoms with Crippen LogP contribution in [0.25, 0.3) is 0 Å². The molecule has 0 radical (unpaired) electrons. The lowest BCUT2D eigenvalue weighted by Crippen LogP contribution is -1.95. The van der Waals surface area contributed by atoms with Crippen LogP contribution < -0.4 is 0 Å². The van der Waals surface area contributed by atoms with Crippen molar-refractivity contribution in [2.45, 2.75) is 44.4 Å². The van der Waals surface area contributed by atoms with Gasteiger partial charge in [-0.25, -0.2) is 16.8 Å². The summed E-state index contributed by atoms with van der Waals surface area (Å²) in [5.41, 5.74) is 4.85. The molecule has 0 saturated heterocycles. The van der Waals surface area contributed by atoms with Crippen molar-refractivity contribution in [3.05, 3.63) is 129 Å². The van der Waals surface area contributed by atoms with Gasteiger partial charge in [0.05, 0.1) is 9.79 Å². The maximum absolute atomic E-state index is 10.9. The summed E-state index contributed by atoms with van der Waals surface area (Å²) in [5, 5.41) is 0. The Morgan fingerprint density at radius 1 is 0.524 bits per heavy atom. The highest BCUT2D eigenvalue weighted by Crippen LogP contribution is 2.12. The Labute approximate surface area is 258 Å². The second kappa shape index (κ2) is 16.9. The Morgan fingerprint density at radius 3 is 1.12 bits per heavy atom. The van der Waals surface area contributed by atoms with Crippen molar-refractivity contribution in [3.63, 3.8) is 0 Å². The molecule has 4 aromatic carbocycles. The number of aryl methyl sites for hydroxylation is 3. The van der Waals surface area contributed by atoms with Crippen molar-refractivity contribution in [3.8, 4) is 0 Å². The van der Waals surface area contributed by atoms with Gasteiger partial charge in [0.25, 0.3) is 0 Å². The summed E-state index contributed by atoms with van der Waals surface area (Å²) in [5.74, 6) is 0.223. The SMILES string of the molecule is CC(=O)c1ccc(C)cc1.CC(=O)c1cccc(Br)c1.Cc1ccc(S(C)(=O)=O)cc1.Cc1ccc(S(C)(=O)=O)cc1. The Balaban J connectivity index is 0.000000280. The lowest BCUT2D eigenvalue weighted by atomic mass is 10.1. The molecule has 0 spiro atoms. The minimum Gasteiger partial charge on any atom is -0.295 e. The van der Waals surface area contributed by atoms with Crippen molar-refractivity contribution in [2.75, 3.05) is 12.5 Å². The van der Waals surface area contributed by atoms with Crippen molar-refractivity contribution >= 4 is 47.2 Å². The van der Waals surface area contributed by atoms with Gasteiger partial charge < -0.3 is 0 Å². The molecule has 0 aromatic heterocycles. The fraction of sp³-hybridized carbons (Fsp3) is 0.212. The predicted octanol–water partition coefficient (Wildman–Crippen LogP) is 7.65. The van der Waals surface area contributed by atoms with E-state index in [9.17, 15) is 26.4 Å². The molecule has 4 aromatic rings. The molecule has 0 N–H and O–H groups in total. The number of sulfone groups is 2. The van der Waals surface area contributed by atoms with Gasteiger partial charge in [-0.05, 0) is 71.0 Å². The van der Waals surface area contributed by atoms with Crippen molar-refractivity contribution in [1.82, 2.24) is 0 Å². The molecule has 0 bridgehead atoms. The normalized spacial score (nSPS) is 10.5. The molecule has 4 rings (SSSR count). The van der Waals surface area contributed by atoms with E-state index >= 15 is 0 Å². The number of Topliss-reactive ketones (excluding diaryl/α,β-unsaturated/α-hetero) is 2. The standard InChI is InChI=1S/C9H10O.C8H7BrO.2C8H10O2S/c1-7-3-5-9(6-4-7)8(2)10;1-6(10)7-3-2-4-8(9)5-7;2*1-7-3-5-8(6-4-7)11(2,9)10/h3-6H,1-2H3;2-5H,1H3;2*3-6H,1-2H3. The molecule has 0 aliphatic carbocycles. The van der Waals surface area contributed by atoms with Gasteiger partial charge in [0.1, 0.15) is 0 Å². The maximum atomic E-state index is 10.9. The summed E-state index contributed by atoms with van der Waals surface area (Å²) in [6.07, 6.45) is 2.41. The lowest BCUT2D eigenvalue weighted by molar-refractivity contribution is 0.100. The first-order valence-electron chi connectivity index (χ1n) is 12.8. The van der Waals surface area contributed by atoms with Gasteiger partial charge in [0, 0.05) is 28.1 Å². The van der Waals surface area contributed by atoms with E-state index in [2.05, 4.69) is 15.9 Å². The molecule has 42 heavy (non-hydrogen) atoms. The predicted molar refractivity (Wildman–Crippen MR) is 174 cm³/mol. The van der Waals surface area contributed by atoms with E-state index in [-0.39, 0.29) is 11.6 Å². The van der Waals surface area contributed by atoms with Crippen LogP contribution in [0.1, 0.15) is 51.3 Å². The van der Waals surface area contributed by atoms with Crippen LogP contribution in [0.2, 0.25) is 0 Å². The fourth-order valence-corrected chi connectivity index (χ4v) is 4.73. The maximum Gasteiger partial charge on any atom is 0.175 e. The quantitative estimate of drug-likeness (QED) is 0.206. The van der Waals surface area contributed by atoms with E-state index in [1.165, 1.54) is 18.1 Å². The van der Waals surface area contributed by atoms with Crippen LogP contribution >= 0.6 is 15.9 Å². The van der Waals surface area contributed by atoms with Crippen molar-refractivity contribution < 1.29 is 26.4 Å². The third-order valence-corrected chi connectivity index (χ3v) is 8.34. The van der Waals surface area contributed by atoms with Gasteiger partial charge >= 0.3 is 0 Å². The molecule has 0 aliphatic heterocycles. The van der Waals surface area contributed by atoms with E-state index < -0.39 is 19.7 Å². The molecule has 0 unspecified atom stereocenters. The van der Waals surface area contributed by atoms with Gasteiger partial charge in [0.2, 0.25) is 0 Å². The number of benzene rings is 4. The molecule has 0 heterocycles. The van der Waals surface area contributed by atoms with Crippen LogP contribution in [0.5, 0.6) is 0 Å². The molecule has 9 heteroatoms. The van der Waals surface area contributed by atoms with Crippen LogP contribution in [-0.2, 0) is 19.7 Å². The summed E-state index contributed by atoms with van der Waals surface area (Å²) >= 11 is 3.28. The van der Waals surface area contributed by atoms with E-state index in [0.717, 1.165) is 26.7 Å². The number of halogens is 1. The largest absolute Gasteiger partial charge is 0.295 e. The first kappa shape index (κ1) is 36.6. The number of carbonyl (C=O) groups excluding carboxylic acids is 2. The van der Waals surface area contributed by atoms with Crippen LogP contribution in [0, 0.1) is 20.8 Å². The third kappa shape index (κ3) is 14.5. The Morgan fingerprint density at radius 2 is 0.857 bits per heavy atom. The minimum atomic E-state index is -3.02. The molecule has 0 aliphatic rings. The molecular formula is C33H37BrO6S2. The first-order valence-corrected chi connectivity index (χ1v) is 17.3. The van der Waals surface area contributed by atoms with E-state index in [0.29, 0.717) is 9.79 Å². The summed E-state index contributed by atoms with van der Waals surface area (Å²) in [7, 11) is -6.04. The van der Waals surface area contributed by atoms with Gasteiger partial charge in [-0.15, -0.1) is 0 Å². The van der Waals surface area contributed by atoms with E-state index in [1.54, 1.807) is 68.4 Å². The molecular weight excluding hydrogens is 636 g/mol. The lowest BCUT2D eigenvalue weighted by Gasteiger charge is -1.96. The van der Waals surface area contributed by atoms with Gasteiger partial charge in [-0.3, -0.25) is 9.59 Å². The molecule has 224 valence electrons. The van der Waals surface area contributed by atoms with Crippen LogP contribution in [-0.4, -0.2) is 40.9 Å². The van der Waals surface area contributed by atoms with Crippen LogP contribution in [0.4, 0.5) is 0 Å². The Bertz CT molecular complexity index is 1600. The number of rotatable bonds is 4. The number of ketones is 2. The van der Waals surface area contributed by atoms with Crippen LogP contribution in [0.15, 0.2) is 111 Å². The van der Waals surface area contributed by atoms with Gasteiger partial charge in [0.15, 0.2) is 31.2 Å². The molecule has 0 fully saturated rings. The van der Waals surface area contributed by atoms with E-state index in [4.69, 9.17) is 0 Å². The van der Waals surface area contributed by atoms with Gasteiger partial charge in [-0.1, -0.05) is 93.3 Å². The zero-order chi connectivity index (χ0) is 32.1. The number of carbonyl (C=O) groups is 2. The summed E-state index contributed by atoms with van der Waals surface area (Å²) in [6, 6.07) is 28.5. The zero-order valence-corrected chi connectivity index (χ0v) is 28.1. The molecule has 0 saturated carbocycles. The van der Waals surface area contributed by atoms with Crippen molar-refractivity contribution in [2.24, 2.45) is 0 Å². The molecule has 6 nitrogen and oxygen atoms in total. The fourth-order valence-electron chi connectivity index (χ4n) is 3.07. The zero-order valence-electron chi connectivity index (χ0n) is 24.9. The highest BCUT2D eigenvalue weighted by Gasteiger charge is 2.05. The molecule has 0 amide bonds. The average Bonchev–Trinajstić information content (AvgIpc) is 2.89. The average molecular weight is 674 g/mol. The summed E-state index contributed by atoms with van der Waals surface area (Å²) < 4.78 is 44.7. The number of hydrogen-bond acceptors (Lipinski definition) is 6. The number of hydrogen-bond donors (Lipinski definition) is 0. The van der Waals surface area contributed by atoms with Crippen molar-refractivity contribution in [1.29, 1.82) is 0 Å². The minimum absolute atomic E-state index is 0.0984. The van der Waals surface area contributed by atoms with Crippen LogP contribution in [0.3, 0.4) is 0 Å². The summed E-state index contributed by atoms with van der Waals surface area (Å²) in [4.78, 5) is 22.3. The summed E-state index contributed by atoms with van der Waals surface area (Å²) in [6.45, 7) is 8.98. The molecule has 0 atom stereocenters. The Hall–Kier alpha value is -3.40. The highest BCUT2D eigenvalue weighted by atomic mass is 79.9.